The SMILES string of the molecule is CCC(=O)NC[C@@H](c1ccccc1Cl)N1CCCCCC1. The summed E-state index contributed by atoms with van der Waals surface area (Å²) in [4.78, 5) is 14.1. The minimum Gasteiger partial charge on any atom is -0.354 e. The molecule has 1 heterocycles. The van der Waals surface area contributed by atoms with Gasteiger partial charge in [0.15, 0.2) is 0 Å². The normalized spacial score (nSPS) is 18.0. The van der Waals surface area contributed by atoms with Crippen molar-refractivity contribution >= 4 is 17.5 Å². The smallest absolute Gasteiger partial charge is 0.219 e. The highest BCUT2D eigenvalue weighted by atomic mass is 35.5. The van der Waals surface area contributed by atoms with E-state index < -0.39 is 0 Å². The lowest BCUT2D eigenvalue weighted by Crippen LogP contribution is -2.38. The molecule has 1 N–H and O–H groups in total. The average Bonchev–Trinajstić information content (AvgIpc) is 2.78. The fourth-order valence-corrected chi connectivity index (χ4v) is 3.19. The van der Waals surface area contributed by atoms with Gasteiger partial charge in [0.05, 0.1) is 6.04 Å². The summed E-state index contributed by atoms with van der Waals surface area (Å²) in [7, 11) is 0. The van der Waals surface area contributed by atoms with Gasteiger partial charge in [0.25, 0.3) is 0 Å². The van der Waals surface area contributed by atoms with Crippen LogP contribution in [0.3, 0.4) is 0 Å². The van der Waals surface area contributed by atoms with Gasteiger partial charge in [-0.2, -0.15) is 0 Å². The molecule has 0 aromatic heterocycles. The molecule has 1 fully saturated rings. The van der Waals surface area contributed by atoms with Gasteiger partial charge in [-0.25, -0.2) is 0 Å². The van der Waals surface area contributed by atoms with E-state index in [0.29, 0.717) is 13.0 Å². The molecule has 2 rings (SSSR count). The topological polar surface area (TPSA) is 32.3 Å². The Kier molecular flexibility index (Phi) is 6.52. The molecule has 0 aliphatic carbocycles. The molecule has 0 spiro atoms. The highest BCUT2D eigenvalue weighted by molar-refractivity contribution is 6.31. The number of carbonyl (C=O) groups is 1. The molecule has 3 nitrogen and oxygen atoms in total. The largest absolute Gasteiger partial charge is 0.354 e. The molecular formula is C17H25ClN2O. The van der Waals surface area contributed by atoms with E-state index in [9.17, 15) is 4.79 Å². The summed E-state index contributed by atoms with van der Waals surface area (Å²) in [6.07, 6.45) is 5.57. The predicted molar refractivity (Wildman–Crippen MR) is 87.5 cm³/mol. The molecule has 0 saturated carbocycles. The Hall–Kier alpha value is -1.06. The van der Waals surface area contributed by atoms with Crippen molar-refractivity contribution in [2.24, 2.45) is 0 Å². The molecule has 116 valence electrons. The first kappa shape index (κ1) is 16.3. The molecule has 1 aromatic rings. The molecule has 0 unspecified atom stereocenters. The van der Waals surface area contributed by atoms with Crippen molar-refractivity contribution in [3.05, 3.63) is 34.9 Å². The van der Waals surface area contributed by atoms with Crippen LogP contribution in [0.5, 0.6) is 0 Å². The Labute approximate surface area is 132 Å². The molecule has 0 radical (unpaired) electrons. The summed E-state index contributed by atoms with van der Waals surface area (Å²) < 4.78 is 0. The van der Waals surface area contributed by atoms with Crippen molar-refractivity contribution in [2.45, 2.75) is 45.1 Å². The number of rotatable bonds is 5. The molecule has 1 aromatic carbocycles. The second-order valence-corrected chi connectivity index (χ2v) is 6.05. The summed E-state index contributed by atoms with van der Waals surface area (Å²) >= 11 is 6.39. The van der Waals surface area contributed by atoms with Crippen LogP contribution in [0.1, 0.15) is 50.6 Å². The number of nitrogens with one attached hydrogen (secondary N) is 1. The number of hydrogen-bond acceptors (Lipinski definition) is 2. The fourth-order valence-electron chi connectivity index (χ4n) is 2.92. The zero-order valence-corrected chi connectivity index (χ0v) is 13.5. The molecule has 1 saturated heterocycles. The second-order valence-electron chi connectivity index (χ2n) is 5.65. The van der Waals surface area contributed by atoms with Crippen LogP contribution in [0.4, 0.5) is 0 Å². The third-order valence-corrected chi connectivity index (χ3v) is 4.50. The van der Waals surface area contributed by atoms with Crippen LogP contribution in [-0.4, -0.2) is 30.4 Å². The fraction of sp³-hybridized carbons (Fsp3) is 0.588. The third-order valence-electron chi connectivity index (χ3n) is 4.16. The third kappa shape index (κ3) is 4.72. The molecular weight excluding hydrogens is 284 g/mol. The Morgan fingerprint density at radius 1 is 1.24 bits per heavy atom. The maximum atomic E-state index is 11.6. The highest BCUT2D eigenvalue weighted by Gasteiger charge is 2.23. The molecule has 21 heavy (non-hydrogen) atoms. The van der Waals surface area contributed by atoms with Crippen molar-refractivity contribution in [2.75, 3.05) is 19.6 Å². The predicted octanol–water partition coefficient (Wildman–Crippen LogP) is 3.78. The van der Waals surface area contributed by atoms with Gasteiger partial charge in [-0.3, -0.25) is 9.69 Å². The number of nitrogens with zero attached hydrogens (tertiary/aromatic N) is 1. The van der Waals surface area contributed by atoms with E-state index in [4.69, 9.17) is 11.6 Å². The second kappa shape index (κ2) is 8.40. The maximum Gasteiger partial charge on any atom is 0.219 e. The van der Waals surface area contributed by atoms with E-state index in [0.717, 1.165) is 23.7 Å². The highest BCUT2D eigenvalue weighted by Crippen LogP contribution is 2.29. The van der Waals surface area contributed by atoms with Gasteiger partial charge in [0, 0.05) is 18.0 Å². The first-order chi connectivity index (χ1) is 10.2. The van der Waals surface area contributed by atoms with Crippen LogP contribution in [-0.2, 0) is 4.79 Å². The number of carbonyl (C=O) groups excluding carboxylic acids is 1. The standard InChI is InChI=1S/C17H25ClN2O/c1-2-17(21)19-13-16(14-9-5-6-10-15(14)18)20-11-7-3-4-8-12-20/h5-6,9-10,16H,2-4,7-8,11-13H2,1H3,(H,19,21)/t16-/m0/s1. The van der Waals surface area contributed by atoms with Crippen LogP contribution >= 0.6 is 11.6 Å². The van der Waals surface area contributed by atoms with E-state index in [1.807, 2.05) is 25.1 Å². The zero-order valence-electron chi connectivity index (χ0n) is 12.8. The van der Waals surface area contributed by atoms with Crippen LogP contribution in [0, 0.1) is 0 Å². The van der Waals surface area contributed by atoms with Gasteiger partial charge >= 0.3 is 0 Å². The number of amides is 1. The van der Waals surface area contributed by atoms with Crippen molar-refractivity contribution in [1.29, 1.82) is 0 Å². The minimum absolute atomic E-state index is 0.0990. The zero-order chi connectivity index (χ0) is 15.1. The van der Waals surface area contributed by atoms with Gasteiger partial charge in [-0.1, -0.05) is 49.6 Å². The summed E-state index contributed by atoms with van der Waals surface area (Å²) in [5, 5.41) is 3.83. The van der Waals surface area contributed by atoms with Crippen LogP contribution < -0.4 is 5.32 Å². The quantitative estimate of drug-likeness (QED) is 0.897. The van der Waals surface area contributed by atoms with Crippen LogP contribution in [0.25, 0.3) is 0 Å². The lowest BCUT2D eigenvalue weighted by Gasteiger charge is -2.31. The lowest BCUT2D eigenvalue weighted by atomic mass is 10.0. The summed E-state index contributed by atoms with van der Waals surface area (Å²) in [5.74, 6) is 0.0990. The van der Waals surface area contributed by atoms with Crippen LogP contribution in [0.15, 0.2) is 24.3 Å². The Morgan fingerprint density at radius 2 is 1.90 bits per heavy atom. The first-order valence-electron chi connectivity index (χ1n) is 7.97. The van der Waals surface area contributed by atoms with Gasteiger partial charge in [-0.15, -0.1) is 0 Å². The average molecular weight is 309 g/mol. The van der Waals surface area contributed by atoms with Gasteiger partial charge in [-0.05, 0) is 37.6 Å². The summed E-state index contributed by atoms with van der Waals surface area (Å²) in [6, 6.07) is 8.16. The first-order valence-corrected chi connectivity index (χ1v) is 8.35. The van der Waals surface area contributed by atoms with Gasteiger partial charge in [0.2, 0.25) is 5.91 Å². The molecule has 4 heteroatoms. The Bertz CT molecular complexity index is 456. The van der Waals surface area contributed by atoms with E-state index in [-0.39, 0.29) is 11.9 Å². The van der Waals surface area contributed by atoms with Crippen molar-refractivity contribution in [1.82, 2.24) is 10.2 Å². The number of halogens is 1. The minimum atomic E-state index is 0.0990. The van der Waals surface area contributed by atoms with Crippen molar-refractivity contribution in [3.8, 4) is 0 Å². The molecule has 0 bridgehead atoms. The van der Waals surface area contributed by atoms with E-state index in [1.54, 1.807) is 0 Å². The molecule has 1 aliphatic heterocycles. The van der Waals surface area contributed by atoms with E-state index >= 15 is 0 Å². The molecule has 1 amide bonds. The molecule has 1 aliphatic rings. The molecule has 1 atom stereocenters. The number of likely N-dealkylation sites (tertiary alicyclic amines) is 1. The Morgan fingerprint density at radius 3 is 2.52 bits per heavy atom. The number of benzene rings is 1. The monoisotopic (exact) mass is 308 g/mol. The summed E-state index contributed by atoms with van der Waals surface area (Å²) in [6.45, 7) is 4.68. The van der Waals surface area contributed by atoms with Crippen molar-refractivity contribution < 1.29 is 4.79 Å². The van der Waals surface area contributed by atoms with E-state index in [1.165, 1.54) is 25.7 Å². The lowest BCUT2D eigenvalue weighted by molar-refractivity contribution is -0.121. The number of hydrogen-bond donors (Lipinski definition) is 1. The maximum absolute atomic E-state index is 11.6. The van der Waals surface area contributed by atoms with Crippen LogP contribution in [0.2, 0.25) is 5.02 Å². The van der Waals surface area contributed by atoms with Gasteiger partial charge in [0.1, 0.15) is 0 Å². The summed E-state index contributed by atoms with van der Waals surface area (Å²) in [5.41, 5.74) is 1.12. The van der Waals surface area contributed by atoms with Gasteiger partial charge < -0.3 is 5.32 Å². The Balaban J connectivity index is 2.16. The van der Waals surface area contributed by atoms with Crippen molar-refractivity contribution in [3.63, 3.8) is 0 Å². The van der Waals surface area contributed by atoms with E-state index in [2.05, 4.69) is 16.3 Å².